The fraction of sp³-hybridized carbons (Fsp3) is 0.900. The molecule has 74 valence electrons. The van der Waals surface area contributed by atoms with Crippen LogP contribution in [0.1, 0.15) is 39.0 Å². The minimum atomic E-state index is -0.464. The summed E-state index contributed by atoms with van der Waals surface area (Å²) in [6, 6.07) is 2.06. The topological polar surface area (TPSA) is 64.2 Å². The van der Waals surface area contributed by atoms with Gasteiger partial charge in [-0.05, 0) is 25.7 Å². The van der Waals surface area contributed by atoms with Gasteiger partial charge in [0.15, 0.2) is 0 Å². The predicted molar refractivity (Wildman–Crippen MR) is 48.8 cm³/mol. The summed E-state index contributed by atoms with van der Waals surface area (Å²) in [6.07, 6.45) is 2.47. The first-order valence-corrected chi connectivity index (χ1v) is 4.84. The van der Waals surface area contributed by atoms with Gasteiger partial charge < -0.3 is 10.2 Å². The van der Waals surface area contributed by atoms with E-state index >= 15 is 0 Å². The van der Waals surface area contributed by atoms with Crippen LogP contribution in [0, 0.1) is 16.7 Å². The Labute approximate surface area is 79.0 Å². The van der Waals surface area contributed by atoms with Crippen LogP contribution in [-0.2, 0) is 0 Å². The number of hydrogen-bond acceptors (Lipinski definition) is 3. The van der Waals surface area contributed by atoms with Gasteiger partial charge in [0, 0.05) is 11.8 Å². The summed E-state index contributed by atoms with van der Waals surface area (Å²) >= 11 is 0. The van der Waals surface area contributed by atoms with Crippen LogP contribution < -0.4 is 0 Å². The van der Waals surface area contributed by atoms with Gasteiger partial charge in [-0.3, -0.25) is 0 Å². The molecule has 0 bridgehead atoms. The van der Waals surface area contributed by atoms with Crippen LogP contribution in [-0.4, -0.2) is 22.4 Å². The minimum Gasteiger partial charge on any atom is -0.392 e. The van der Waals surface area contributed by atoms with E-state index in [1.54, 1.807) is 0 Å². The lowest BCUT2D eigenvalue weighted by Crippen LogP contribution is -2.46. The second kappa shape index (κ2) is 4.08. The van der Waals surface area contributed by atoms with Gasteiger partial charge in [-0.15, -0.1) is 0 Å². The van der Waals surface area contributed by atoms with Crippen LogP contribution in [0.2, 0.25) is 0 Å². The number of aliphatic hydroxyl groups is 2. The van der Waals surface area contributed by atoms with Crippen LogP contribution in [0.3, 0.4) is 0 Å². The van der Waals surface area contributed by atoms with Crippen LogP contribution in [0.5, 0.6) is 0 Å². The minimum absolute atomic E-state index is 0.407. The van der Waals surface area contributed by atoms with E-state index in [0.717, 1.165) is 19.3 Å². The molecule has 1 rings (SSSR count). The van der Waals surface area contributed by atoms with Crippen molar-refractivity contribution in [1.29, 1.82) is 5.26 Å². The molecule has 1 aliphatic carbocycles. The lowest BCUT2D eigenvalue weighted by Gasteiger charge is -2.42. The summed E-state index contributed by atoms with van der Waals surface area (Å²) in [4.78, 5) is 0. The molecule has 0 amide bonds. The quantitative estimate of drug-likeness (QED) is 0.676. The van der Waals surface area contributed by atoms with Gasteiger partial charge in [0.25, 0.3) is 0 Å². The third-order valence-electron chi connectivity index (χ3n) is 3.25. The number of aliphatic hydroxyl groups excluding tert-OH is 2. The maximum absolute atomic E-state index is 9.76. The number of rotatable bonds is 2. The van der Waals surface area contributed by atoms with Crippen molar-refractivity contribution in [2.45, 2.75) is 51.2 Å². The third kappa shape index (κ3) is 2.01. The Hall–Kier alpha value is -0.590. The largest absolute Gasteiger partial charge is 0.392 e. The standard InChI is InChI=1S/C10H17NO2/c1-10(6-3-7-11)8(12)4-2-5-9(10)13/h8-9,12-13H,2-6H2,1H3. The predicted octanol–water partition coefficient (Wildman–Crippen LogP) is 1.20. The van der Waals surface area contributed by atoms with E-state index < -0.39 is 17.6 Å². The Kier molecular flexibility index (Phi) is 3.29. The smallest absolute Gasteiger partial charge is 0.0621 e. The molecule has 0 radical (unpaired) electrons. The lowest BCUT2D eigenvalue weighted by molar-refractivity contribution is -0.0932. The van der Waals surface area contributed by atoms with Crippen molar-refractivity contribution >= 4 is 0 Å². The van der Waals surface area contributed by atoms with E-state index in [4.69, 9.17) is 5.26 Å². The van der Waals surface area contributed by atoms with Crippen molar-refractivity contribution in [2.75, 3.05) is 0 Å². The molecule has 2 unspecified atom stereocenters. The molecular formula is C10H17NO2. The second-order valence-electron chi connectivity index (χ2n) is 4.13. The number of nitriles is 1. The van der Waals surface area contributed by atoms with Gasteiger partial charge in [0.05, 0.1) is 18.3 Å². The Morgan fingerprint density at radius 2 is 1.92 bits per heavy atom. The zero-order valence-corrected chi connectivity index (χ0v) is 8.03. The summed E-state index contributed by atoms with van der Waals surface area (Å²) in [6.45, 7) is 1.87. The van der Waals surface area contributed by atoms with Gasteiger partial charge >= 0.3 is 0 Å². The molecule has 3 heteroatoms. The molecule has 0 aromatic heterocycles. The van der Waals surface area contributed by atoms with E-state index in [9.17, 15) is 10.2 Å². The maximum Gasteiger partial charge on any atom is 0.0621 e. The summed E-state index contributed by atoms with van der Waals surface area (Å²) in [5.41, 5.74) is -0.464. The molecule has 0 saturated heterocycles. The van der Waals surface area contributed by atoms with Gasteiger partial charge in [0.1, 0.15) is 0 Å². The molecule has 0 spiro atoms. The average Bonchev–Trinajstić information content (AvgIpc) is 2.11. The molecule has 13 heavy (non-hydrogen) atoms. The van der Waals surface area contributed by atoms with Crippen LogP contribution in [0.4, 0.5) is 0 Å². The molecule has 3 nitrogen and oxygen atoms in total. The summed E-state index contributed by atoms with van der Waals surface area (Å²) < 4.78 is 0. The number of hydrogen-bond donors (Lipinski definition) is 2. The van der Waals surface area contributed by atoms with E-state index in [2.05, 4.69) is 6.07 Å². The van der Waals surface area contributed by atoms with Crippen molar-refractivity contribution in [3.63, 3.8) is 0 Å². The lowest BCUT2D eigenvalue weighted by atomic mass is 9.68. The Balaban J connectivity index is 2.64. The highest BCUT2D eigenvalue weighted by molar-refractivity contribution is 4.94. The molecule has 0 aromatic carbocycles. The van der Waals surface area contributed by atoms with Crippen LogP contribution >= 0.6 is 0 Å². The zero-order valence-electron chi connectivity index (χ0n) is 8.03. The Bertz CT molecular complexity index is 199. The first-order chi connectivity index (χ1) is 6.11. The fourth-order valence-electron chi connectivity index (χ4n) is 2.04. The van der Waals surface area contributed by atoms with Gasteiger partial charge in [-0.1, -0.05) is 6.92 Å². The zero-order chi connectivity index (χ0) is 9.90. The second-order valence-corrected chi connectivity index (χ2v) is 4.13. The van der Waals surface area contributed by atoms with Crippen molar-refractivity contribution in [1.82, 2.24) is 0 Å². The normalized spacial score (nSPS) is 39.8. The monoisotopic (exact) mass is 183 g/mol. The molecule has 1 fully saturated rings. The summed E-state index contributed by atoms with van der Waals surface area (Å²) in [7, 11) is 0. The highest BCUT2D eigenvalue weighted by atomic mass is 16.3. The molecule has 1 aliphatic rings. The first-order valence-electron chi connectivity index (χ1n) is 4.84. The summed E-state index contributed by atoms with van der Waals surface area (Å²) in [5.74, 6) is 0. The Morgan fingerprint density at radius 3 is 2.38 bits per heavy atom. The molecule has 0 aliphatic heterocycles. The van der Waals surface area contributed by atoms with Crippen molar-refractivity contribution in [2.24, 2.45) is 5.41 Å². The number of nitrogens with zero attached hydrogens (tertiary/aromatic N) is 1. The van der Waals surface area contributed by atoms with Crippen molar-refractivity contribution < 1.29 is 10.2 Å². The van der Waals surface area contributed by atoms with Gasteiger partial charge in [-0.25, -0.2) is 0 Å². The van der Waals surface area contributed by atoms with Crippen molar-refractivity contribution in [3.8, 4) is 6.07 Å². The fourth-order valence-corrected chi connectivity index (χ4v) is 2.04. The first kappa shape index (κ1) is 10.5. The van der Waals surface area contributed by atoms with E-state index in [0.29, 0.717) is 12.8 Å². The highest BCUT2D eigenvalue weighted by Gasteiger charge is 2.41. The Morgan fingerprint density at radius 1 is 1.38 bits per heavy atom. The van der Waals surface area contributed by atoms with E-state index in [1.807, 2.05) is 6.92 Å². The van der Waals surface area contributed by atoms with E-state index in [-0.39, 0.29) is 0 Å². The van der Waals surface area contributed by atoms with Gasteiger partial charge in [-0.2, -0.15) is 5.26 Å². The van der Waals surface area contributed by atoms with Crippen LogP contribution in [0.15, 0.2) is 0 Å². The average molecular weight is 183 g/mol. The molecule has 0 aromatic rings. The van der Waals surface area contributed by atoms with Crippen molar-refractivity contribution in [3.05, 3.63) is 0 Å². The van der Waals surface area contributed by atoms with Gasteiger partial charge in [0.2, 0.25) is 0 Å². The van der Waals surface area contributed by atoms with E-state index in [1.165, 1.54) is 0 Å². The molecule has 2 atom stereocenters. The molecular weight excluding hydrogens is 166 g/mol. The molecule has 1 saturated carbocycles. The third-order valence-corrected chi connectivity index (χ3v) is 3.25. The molecule has 2 N–H and O–H groups in total. The molecule has 0 heterocycles. The summed E-state index contributed by atoms with van der Waals surface area (Å²) in [5, 5.41) is 28.0. The highest BCUT2D eigenvalue weighted by Crippen LogP contribution is 2.39. The van der Waals surface area contributed by atoms with Crippen LogP contribution in [0.25, 0.3) is 0 Å². The SMILES string of the molecule is CC1(CCC#N)C(O)CCCC1O. The maximum atomic E-state index is 9.76.